The second kappa shape index (κ2) is 8.14. The highest BCUT2D eigenvalue weighted by Crippen LogP contribution is 2.11. The summed E-state index contributed by atoms with van der Waals surface area (Å²) in [5.41, 5.74) is 2.07. The molecule has 2 amide bonds. The van der Waals surface area contributed by atoms with E-state index in [-0.39, 0.29) is 11.8 Å². The first kappa shape index (κ1) is 17.5. The van der Waals surface area contributed by atoms with Gasteiger partial charge in [-0.3, -0.25) is 9.59 Å². The van der Waals surface area contributed by atoms with Crippen LogP contribution in [-0.2, 0) is 11.3 Å². The lowest BCUT2D eigenvalue weighted by molar-refractivity contribution is 0.0303. The predicted molar refractivity (Wildman–Crippen MR) is 95.8 cm³/mol. The minimum Gasteiger partial charge on any atom is -0.378 e. The number of morpholine rings is 1. The van der Waals surface area contributed by atoms with Gasteiger partial charge in [-0.05, 0) is 42.0 Å². The van der Waals surface area contributed by atoms with Gasteiger partial charge in [0.1, 0.15) is 0 Å². The lowest BCUT2D eigenvalue weighted by atomic mass is 10.1. The number of nitrogens with one attached hydrogen (secondary N) is 1. The van der Waals surface area contributed by atoms with Crippen molar-refractivity contribution in [2.45, 2.75) is 6.54 Å². The van der Waals surface area contributed by atoms with E-state index in [9.17, 15) is 9.59 Å². The van der Waals surface area contributed by atoms with Crippen molar-refractivity contribution in [3.8, 4) is 0 Å². The molecule has 0 atom stereocenters. The molecule has 0 spiro atoms. The molecule has 0 saturated carbocycles. The fourth-order valence-corrected chi connectivity index (χ4v) is 2.73. The van der Waals surface area contributed by atoms with Crippen LogP contribution >= 0.6 is 11.6 Å². The average Bonchev–Trinajstić information content (AvgIpc) is 2.67. The quantitative estimate of drug-likeness (QED) is 0.914. The van der Waals surface area contributed by atoms with E-state index in [0.29, 0.717) is 49.0 Å². The molecule has 0 bridgehead atoms. The van der Waals surface area contributed by atoms with E-state index in [0.717, 1.165) is 5.56 Å². The SMILES string of the molecule is O=C(NCc1ccc(Cl)cc1)c1ccc(C(=O)N2CCOCC2)cc1. The van der Waals surface area contributed by atoms with Crippen molar-refractivity contribution in [3.05, 3.63) is 70.2 Å². The average molecular weight is 359 g/mol. The van der Waals surface area contributed by atoms with Crippen molar-refractivity contribution in [2.24, 2.45) is 0 Å². The Morgan fingerprint density at radius 1 is 0.960 bits per heavy atom. The Bertz CT molecular complexity index is 738. The van der Waals surface area contributed by atoms with E-state index in [2.05, 4.69) is 5.32 Å². The fraction of sp³-hybridized carbons (Fsp3) is 0.263. The molecule has 0 unspecified atom stereocenters. The van der Waals surface area contributed by atoms with E-state index in [1.54, 1.807) is 41.3 Å². The molecule has 25 heavy (non-hydrogen) atoms. The molecule has 0 aromatic heterocycles. The summed E-state index contributed by atoms with van der Waals surface area (Å²) in [6.07, 6.45) is 0. The molecule has 1 fully saturated rings. The highest BCUT2D eigenvalue weighted by Gasteiger charge is 2.18. The molecule has 1 aliphatic rings. The lowest BCUT2D eigenvalue weighted by Crippen LogP contribution is -2.40. The lowest BCUT2D eigenvalue weighted by Gasteiger charge is -2.26. The van der Waals surface area contributed by atoms with Crippen molar-refractivity contribution >= 4 is 23.4 Å². The number of benzene rings is 2. The summed E-state index contributed by atoms with van der Waals surface area (Å²) in [6.45, 7) is 2.75. The Morgan fingerprint density at radius 3 is 2.20 bits per heavy atom. The summed E-state index contributed by atoms with van der Waals surface area (Å²) in [4.78, 5) is 26.4. The van der Waals surface area contributed by atoms with Crippen molar-refractivity contribution in [3.63, 3.8) is 0 Å². The zero-order chi connectivity index (χ0) is 17.6. The standard InChI is InChI=1S/C19H19ClN2O3/c20-17-7-1-14(2-8-17)13-21-18(23)15-3-5-16(6-4-15)19(24)22-9-11-25-12-10-22/h1-8H,9-13H2,(H,21,23). The zero-order valence-corrected chi connectivity index (χ0v) is 14.5. The van der Waals surface area contributed by atoms with Gasteiger partial charge in [0.05, 0.1) is 13.2 Å². The van der Waals surface area contributed by atoms with Gasteiger partial charge in [0.2, 0.25) is 0 Å². The third-order valence-corrected chi connectivity index (χ3v) is 4.31. The van der Waals surface area contributed by atoms with Crippen LogP contribution in [0, 0.1) is 0 Å². The summed E-state index contributed by atoms with van der Waals surface area (Å²) in [6, 6.07) is 14.0. The topological polar surface area (TPSA) is 58.6 Å². The molecule has 1 aliphatic heterocycles. The van der Waals surface area contributed by atoms with Gasteiger partial charge in [0.15, 0.2) is 0 Å². The summed E-state index contributed by atoms with van der Waals surface area (Å²) in [5, 5.41) is 3.52. The maximum absolute atomic E-state index is 12.4. The first-order valence-corrected chi connectivity index (χ1v) is 8.51. The van der Waals surface area contributed by atoms with Crippen LogP contribution in [0.25, 0.3) is 0 Å². The fourth-order valence-electron chi connectivity index (χ4n) is 2.60. The first-order valence-electron chi connectivity index (χ1n) is 8.13. The van der Waals surface area contributed by atoms with Crippen LogP contribution in [0.2, 0.25) is 5.02 Å². The molecule has 5 nitrogen and oxygen atoms in total. The van der Waals surface area contributed by atoms with Crippen LogP contribution in [0.3, 0.4) is 0 Å². The molecule has 1 N–H and O–H groups in total. The molecule has 6 heteroatoms. The number of ether oxygens (including phenoxy) is 1. The van der Waals surface area contributed by atoms with E-state index in [4.69, 9.17) is 16.3 Å². The molecular formula is C19H19ClN2O3. The Hall–Kier alpha value is -2.37. The van der Waals surface area contributed by atoms with Gasteiger partial charge in [0, 0.05) is 35.8 Å². The number of nitrogens with zero attached hydrogens (tertiary/aromatic N) is 1. The normalized spacial score (nSPS) is 14.2. The molecule has 1 heterocycles. The molecule has 3 rings (SSSR count). The number of halogens is 1. The van der Waals surface area contributed by atoms with Crippen LogP contribution in [0.15, 0.2) is 48.5 Å². The van der Waals surface area contributed by atoms with Crippen molar-refractivity contribution in [1.82, 2.24) is 10.2 Å². The second-order valence-electron chi connectivity index (χ2n) is 5.79. The molecule has 2 aromatic carbocycles. The maximum Gasteiger partial charge on any atom is 0.254 e. The van der Waals surface area contributed by atoms with Crippen LogP contribution in [0.5, 0.6) is 0 Å². The maximum atomic E-state index is 12.4. The van der Waals surface area contributed by atoms with E-state index < -0.39 is 0 Å². The Balaban J connectivity index is 1.58. The molecule has 2 aromatic rings. The number of rotatable bonds is 4. The largest absolute Gasteiger partial charge is 0.378 e. The number of carbonyl (C=O) groups is 2. The number of carbonyl (C=O) groups excluding carboxylic acids is 2. The second-order valence-corrected chi connectivity index (χ2v) is 6.23. The van der Waals surface area contributed by atoms with Crippen LogP contribution in [-0.4, -0.2) is 43.0 Å². The van der Waals surface area contributed by atoms with Crippen molar-refractivity contribution in [1.29, 1.82) is 0 Å². The van der Waals surface area contributed by atoms with Crippen LogP contribution in [0.1, 0.15) is 26.3 Å². The van der Waals surface area contributed by atoms with Gasteiger partial charge < -0.3 is 15.0 Å². The van der Waals surface area contributed by atoms with Crippen LogP contribution < -0.4 is 5.32 Å². The number of hydrogen-bond acceptors (Lipinski definition) is 3. The zero-order valence-electron chi connectivity index (χ0n) is 13.7. The molecule has 0 aliphatic carbocycles. The van der Waals surface area contributed by atoms with Gasteiger partial charge in [-0.15, -0.1) is 0 Å². The van der Waals surface area contributed by atoms with E-state index in [1.165, 1.54) is 0 Å². The van der Waals surface area contributed by atoms with Gasteiger partial charge in [-0.2, -0.15) is 0 Å². The molecule has 1 saturated heterocycles. The van der Waals surface area contributed by atoms with E-state index in [1.807, 2.05) is 12.1 Å². The number of amides is 2. The summed E-state index contributed by atoms with van der Waals surface area (Å²) < 4.78 is 5.25. The predicted octanol–water partition coefficient (Wildman–Crippen LogP) is 2.74. The van der Waals surface area contributed by atoms with Crippen molar-refractivity contribution in [2.75, 3.05) is 26.3 Å². The Morgan fingerprint density at radius 2 is 1.56 bits per heavy atom. The minimum absolute atomic E-state index is 0.0311. The van der Waals surface area contributed by atoms with Gasteiger partial charge >= 0.3 is 0 Å². The Labute approximate surface area is 151 Å². The van der Waals surface area contributed by atoms with Crippen molar-refractivity contribution < 1.29 is 14.3 Å². The third kappa shape index (κ3) is 4.59. The van der Waals surface area contributed by atoms with Crippen LogP contribution in [0.4, 0.5) is 0 Å². The molecular weight excluding hydrogens is 340 g/mol. The summed E-state index contributed by atoms with van der Waals surface area (Å²) in [5.74, 6) is -0.211. The number of hydrogen-bond donors (Lipinski definition) is 1. The van der Waals surface area contributed by atoms with E-state index >= 15 is 0 Å². The summed E-state index contributed by atoms with van der Waals surface area (Å²) in [7, 11) is 0. The molecule has 0 radical (unpaired) electrons. The smallest absolute Gasteiger partial charge is 0.254 e. The first-order chi connectivity index (χ1) is 12.1. The Kier molecular flexibility index (Phi) is 5.68. The highest BCUT2D eigenvalue weighted by atomic mass is 35.5. The minimum atomic E-state index is -0.180. The monoisotopic (exact) mass is 358 g/mol. The van der Waals surface area contributed by atoms with Gasteiger partial charge in [-0.1, -0.05) is 23.7 Å². The third-order valence-electron chi connectivity index (χ3n) is 4.06. The van der Waals surface area contributed by atoms with Gasteiger partial charge in [-0.25, -0.2) is 0 Å². The summed E-state index contributed by atoms with van der Waals surface area (Å²) >= 11 is 5.84. The highest BCUT2D eigenvalue weighted by molar-refractivity contribution is 6.30. The molecule has 130 valence electrons. The van der Waals surface area contributed by atoms with Gasteiger partial charge in [0.25, 0.3) is 11.8 Å².